The molecule has 0 aliphatic heterocycles. The maximum Gasteiger partial charge on any atom is 0.306 e. The fourth-order valence-electron chi connectivity index (χ4n) is 5.54. The molecule has 5 nitrogen and oxygen atoms in total. The van der Waals surface area contributed by atoms with Gasteiger partial charge in [0.2, 0.25) is 0 Å². The summed E-state index contributed by atoms with van der Waals surface area (Å²) in [7, 11) is 0. The molecule has 5 heteroatoms. The van der Waals surface area contributed by atoms with Crippen molar-refractivity contribution in [2.24, 2.45) is 0 Å². The molecule has 1 heterocycles. The van der Waals surface area contributed by atoms with Crippen LogP contribution >= 0.6 is 0 Å². The van der Waals surface area contributed by atoms with E-state index in [9.17, 15) is 9.59 Å². The van der Waals surface area contributed by atoms with Gasteiger partial charge >= 0.3 is 5.97 Å². The number of ketones is 1. The molecular formula is C36H65NO4. The van der Waals surface area contributed by atoms with Crippen molar-refractivity contribution < 1.29 is 19.4 Å². The molecule has 0 saturated heterocycles. The molecule has 41 heavy (non-hydrogen) atoms. The van der Waals surface area contributed by atoms with Gasteiger partial charge in [-0.25, -0.2) is 0 Å². The third kappa shape index (κ3) is 21.7. The van der Waals surface area contributed by atoms with Crippen LogP contribution in [0.15, 0.2) is 18.5 Å². The van der Waals surface area contributed by atoms with E-state index in [-0.39, 0.29) is 30.9 Å². The SMILES string of the molecule is CCCCCCCCCCCCCC(=O)OC(CCCCCCCCCCC)CC(=O)c1ccn(CCCCO)c1. The van der Waals surface area contributed by atoms with Gasteiger partial charge in [0.05, 0.1) is 0 Å². The van der Waals surface area contributed by atoms with Crippen LogP contribution in [0.5, 0.6) is 0 Å². The third-order valence-corrected chi connectivity index (χ3v) is 8.22. The van der Waals surface area contributed by atoms with Crippen LogP contribution in [0.1, 0.15) is 185 Å². The van der Waals surface area contributed by atoms with Crippen molar-refractivity contribution in [1.82, 2.24) is 4.57 Å². The molecule has 1 unspecified atom stereocenters. The van der Waals surface area contributed by atoms with E-state index in [1.165, 1.54) is 103 Å². The van der Waals surface area contributed by atoms with Gasteiger partial charge in [-0.3, -0.25) is 9.59 Å². The highest BCUT2D eigenvalue weighted by molar-refractivity contribution is 5.96. The van der Waals surface area contributed by atoms with E-state index in [0.717, 1.165) is 51.5 Å². The first-order chi connectivity index (χ1) is 20.1. The van der Waals surface area contributed by atoms with Crippen LogP contribution in [0.2, 0.25) is 0 Å². The van der Waals surface area contributed by atoms with Crippen molar-refractivity contribution >= 4 is 11.8 Å². The Kier molecular flexibility index (Phi) is 24.8. The van der Waals surface area contributed by atoms with E-state index in [1.54, 1.807) is 0 Å². The molecule has 0 aliphatic rings. The quantitative estimate of drug-likeness (QED) is 0.0563. The standard InChI is InChI=1S/C36H65NO4/c1-3-5-7-9-11-13-14-16-18-20-22-26-36(40)41-34(25-21-19-17-15-12-10-8-6-4-2)31-35(39)33-27-29-37(32-33)28-23-24-30-38/h27,29,32,34,38H,3-26,28,30-31H2,1-2H3. The van der Waals surface area contributed by atoms with Gasteiger partial charge in [0.25, 0.3) is 0 Å². The number of Topliss-reactive ketones (excluding diaryl/α,β-unsaturated/α-hetero) is 1. The number of nitrogens with zero attached hydrogens (tertiary/aromatic N) is 1. The molecule has 0 fully saturated rings. The van der Waals surface area contributed by atoms with Gasteiger partial charge in [0.1, 0.15) is 6.10 Å². The Morgan fingerprint density at radius 3 is 1.76 bits per heavy atom. The van der Waals surface area contributed by atoms with Crippen LogP contribution in [-0.4, -0.2) is 34.1 Å². The second-order valence-corrected chi connectivity index (χ2v) is 12.2. The second kappa shape index (κ2) is 27.2. The Hall–Kier alpha value is -1.62. The number of hydrogen-bond donors (Lipinski definition) is 1. The summed E-state index contributed by atoms with van der Waals surface area (Å²) in [6.07, 6.45) is 31.7. The molecule has 0 spiro atoms. The topological polar surface area (TPSA) is 68.5 Å². The number of aliphatic hydroxyl groups is 1. The van der Waals surface area contributed by atoms with E-state index in [0.29, 0.717) is 12.0 Å². The molecule has 1 aromatic heterocycles. The predicted molar refractivity (Wildman–Crippen MR) is 173 cm³/mol. The minimum atomic E-state index is -0.329. The summed E-state index contributed by atoms with van der Waals surface area (Å²) in [5, 5.41) is 9.01. The summed E-state index contributed by atoms with van der Waals surface area (Å²) in [6, 6.07) is 1.86. The molecule has 1 atom stereocenters. The first-order valence-electron chi connectivity index (χ1n) is 17.6. The lowest BCUT2D eigenvalue weighted by Crippen LogP contribution is -2.22. The first-order valence-corrected chi connectivity index (χ1v) is 17.6. The molecule has 0 aliphatic carbocycles. The van der Waals surface area contributed by atoms with Gasteiger partial charge in [0, 0.05) is 44.0 Å². The summed E-state index contributed by atoms with van der Waals surface area (Å²) in [5.74, 6) is -0.0921. The Balaban J connectivity index is 2.38. The molecule has 1 rings (SSSR count). The van der Waals surface area contributed by atoms with Gasteiger partial charge in [-0.2, -0.15) is 0 Å². The van der Waals surface area contributed by atoms with Gasteiger partial charge in [-0.05, 0) is 38.2 Å². The van der Waals surface area contributed by atoms with E-state index >= 15 is 0 Å². The lowest BCUT2D eigenvalue weighted by atomic mass is 10.0. The number of aryl methyl sites for hydroxylation is 1. The molecule has 0 amide bonds. The van der Waals surface area contributed by atoms with Gasteiger partial charge < -0.3 is 14.4 Å². The van der Waals surface area contributed by atoms with E-state index in [2.05, 4.69) is 13.8 Å². The number of unbranched alkanes of at least 4 members (excludes halogenated alkanes) is 19. The van der Waals surface area contributed by atoms with Crippen LogP contribution in [0.3, 0.4) is 0 Å². The van der Waals surface area contributed by atoms with Crippen molar-refractivity contribution in [2.75, 3.05) is 6.61 Å². The number of carbonyl (C=O) groups is 2. The van der Waals surface area contributed by atoms with Gasteiger partial charge in [-0.15, -0.1) is 0 Å². The minimum absolute atomic E-state index is 0.0503. The predicted octanol–water partition coefficient (Wildman–Crippen LogP) is 10.4. The average molecular weight is 576 g/mol. The van der Waals surface area contributed by atoms with Crippen LogP contribution in [-0.2, 0) is 16.1 Å². The van der Waals surface area contributed by atoms with Crippen LogP contribution in [0.25, 0.3) is 0 Å². The molecule has 0 bridgehead atoms. The molecule has 1 aromatic rings. The maximum absolute atomic E-state index is 13.1. The fourth-order valence-corrected chi connectivity index (χ4v) is 5.54. The Labute approximate surface area is 253 Å². The number of rotatable bonds is 30. The number of hydrogen-bond acceptors (Lipinski definition) is 4. The van der Waals surface area contributed by atoms with Crippen molar-refractivity contribution in [1.29, 1.82) is 0 Å². The third-order valence-electron chi connectivity index (χ3n) is 8.22. The molecule has 0 saturated carbocycles. The zero-order valence-corrected chi connectivity index (χ0v) is 27.0. The average Bonchev–Trinajstić information content (AvgIpc) is 3.44. The highest BCUT2D eigenvalue weighted by Gasteiger charge is 2.20. The fraction of sp³-hybridized carbons (Fsp3) is 0.833. The largest absolute Gasteiger partial charge is 0.462 e. The van der Waals surface area contributed by atoms with E-state index in [1.807, 2.05) is 23.0 Å². The number of carbonyl (C=O) groups excluding carboxylic acids is 2. The summed E-state index contributed by atoms with van der Waals surface area (Å²) in [6.45, 7) is 5.50. The van der Waals surface area contributed by atoms with Crippen LogP contribution in [0.4, 0.5) is 0 Å². The Morgan fingerprint density at radius 2 is 1.22 bits per heavy atom. The lowest BCUT2D eigenvalue weighted by Gasteiger charge is -2.17. The second-order valence-electron chi connectivity index (χ2n) is 12.2. The number of esters is 1. The van der Waals surface area contributed by atoms with Gasteiger partial charge in [-0.1, -0.05) is 129 Å². The number of aliphatic hydroxyl groups excluding tert-OH is 1. The minimum Gasteiger partial charge on any atom is -0.462 e. The van der Waals surface area contributed by atoms with Crippen molar-refractivity contribution in [3.63, 3.8) is 0 Å². The normalized spacial score (nSPS) is 12.1. The monoisotopic (exact) mass is 575 g/mol. The van der Waals surface area contributed by atoms with E-state index < -0.39 is 0 Å². The van der Waals surface area contributed by atoms with Crippen LogP contribution < -0.4 is 0 Å². The molecule has 0 radical (unpaired) electrons. The smallest absolute Gasteiger partial charge is 0.306 e. The van der Waals surface area contributed by atoms with Crippen molar-refractivity contribution in [2.45, 2.75) is 187 Å². The molecule has 0 aromatic carbocycles. The molecule has 238 valence electrons. The zero-order valence-electron chi connectivity index (χ0n) is 27.0. The maximum atomic E-state index is 13.1. The summed E-state index contributed by atoms with van der Waals surface area (Å²) in [4.78, 5) is 25.7. The van der Waals surface area contributed by atoms with Gasteiger partial charge in [0.15, 0.2) is 5.78 Å². The number of ether oxygens (including phenoxy) is 1. The molecule has 1 N–H and O–H groups in total. The highest BCUT2D eigenvalue weighted by Crippen LogP contribution is 2.18. The summed E-state index contributed by atoms with van der Waals surface area (Å²) in [5.41, 5.74) is 0.687. The number of aromatic nitrogens is 1. The Bertz CT molecular complexity index is 744. The van der Waals surface area contributed by atoms with E-state index in [4.69, 9.17) is 9.84 Å². The summed E-state index contributed by atoms with van der Waals surface area (Å²) >= 11 is 0. The van der Waals surface area contributed by atoms with Crippen molar-refractivity contribution in [3.8, 4) is 0 Å². The molecular weight excluding hydrogens is 510 g/mol. The summed E-state index contributed by atoms with van der Waals surface area (Å²) < 4.78 is 7.91. The first kappa shape index (κ1) is 37.4. The lowest BCUT2D eigenvalue weighted by molar-refractivity contribution is -0.149. The van der Waals surface area contributed by atoms with Crippen molar-refractivity contribution in [3.05, 3.63) is 24.0 Å². The highest BCUT2D eigenvalue weighted by atomic mass is 16.5. The zero-order chi connectivity index (χ0) is 29.8. The van der Waals surface area contributed by atoms with Crippen LogP contribution in [0, 0.1) is 0 Å². The Morgan fingerprint density at radius 1 is 0.707 bits per heavy atom.